The second kappa shape index (κ2) is 9.97. The van der Waals surface area contributed by atoms with Crippen molar-refractivity contribution in [2.75, 3.05) is 24.2 Å². The second-order valence-corrected chi connectivity index (χ2v) is 7.51. The highest BCUT2D eigenvalue weighted by Crippen LogP contribution is 2.17. The van der Waals surface area contributed by atoms with E-state index in [4.69, 9.17) is 14.6 Å². The Kier molecular flexibility index (Phi) is 8.33. The van der Waals surface area contributed by atoms with Gasteiger partial charge >= 0.3 is 5.97 Å². The van der Waals surface area contributed by atoms with Gasteiger partial charge in [-0.3, -0.25) is 9.52 Å². The number of rotatable bonds is 11. The fraction of sp³-hybridized carbons (Fsp3) is 0.500. The maximum atomic E-state index is 12.1. The molecule has 1 aromatic carbocycles. The molecule has 0 heterocycles. The van der Waals surface area contributed by atoms with Gasteiger partial charge in [0.2, 0.25) is 15.9 Å². The number of carbonyl (C=O) groups is 2. The number of carboxylic acid groups (broad SMARTS) is 1. The van der Waals surface area contributed by atoms with Crippen molar-refractivity contribution in [3.63, 3.8) is 0 Å². The molecule has 0 fully saturated rings. The van der Waals surface area contributed by atoms with Crippen LogP contribution in [0.15, 0.2) is 24.3 Å². The molecule has 1 rings (SSSR count). The normalized spacial score (nSPS) is 12.5. The molecule has 1 aromatic rings. The number of carbonyl (C=O) groups excluding carboxylic acids is 1. The summed E-state index contributed by atoms with van der Waals surface area (Å²) in [7, 11) is -2.59. The monoisotopic (exact) mass is 388 g/mol. The number of aliphatic carboxylic acids is 1. The average Bonchev–Trinajstić information content (AvgIpc) is 2.51. The van der Waals surface area contributed by atoms with Crippen molar-refractivity contribution in [1.29, 1.82) is 0 Å². The Balaban J connectivity index is 2.64. The predicted molar refractivity (Wildman–Crippen MR) is 95.7 cm³/mol. The van der Waals surface area contributed by atoms with E-state index in [0.717, 1.165) is 0 Å². The molecule has 0 spiro atoms. The van der Waals surface area contributed by atoms with Crippen molar-refractivity contribution in [2.45, 2.75) is 32.4 Å². The molecular weight excluding hydrogens is 364 g/mol. The number of hydrogen-bond donors (Lipinski definition) is 3. The molecule has 0 aliphatic rings. The quantitative estimate of drug-likeness (QED) is 0.511. The topological polar surface area (TPSA) is 131 Å². The lowest BCUT2D eigenvalue weighted by atomic mass is 10.2. The van der Waals surface area contributed by atoms with Crippen LogP contribution in [0.25, 0.3) is 0 Å². The van der Waals surface area contributed by atoms with E-state index in [-0.39, 0.29) is 24.8 Å². The number of nitrogens with one attached hydrogen (secondary N) is 2. The molecule has 3 N–H and O–H groups in total. The van der Waals surface area contributed by atoms with E-state index in [9.17, 15) is 18.0 Å². The van der Waals surface area contributed by atoms with Gasteiger partial charge in [0.15, 0.2) is 0 Å². The third-order valence-corrected chi connectivity index (χ3v) is 4.25. The highest BCUT2D eigenvalue weighted by atomic mass is 32.2. The number of ether oxygens (including phenoxy) is 2. The van der Waals surface area contributed by atoms with Crippen LogP contribution in [-0.4, -0.2) is 57.0 Å². The summed E-state index contributed by atoms with van der Waals surface area (Å²) in [6.45, 7) is 3.85. The first-order chi connectivity index (χ1) is 12.1. The highest BCUT2D eigenvalue weighted by Gasteiger charge is 2.23. The predicted octanol–water partition coefficient (Wildman–Crippen LogP) is 0.821. The molecule has 26 heavy (non-hydrogen) atoms. The number of carboxylic acids is 1. The number of hydrogen-bond acceptors (Lipinski definition) is 6. The number of benzene rings is 1. The Hall–Kier alpha value is -2.33. The first-order valence-corrected chi connectivity index (χ1v) is 9.56. The summed E-state index contributed by atoms with van der Waals surface area (Å²) >= 11 is 0. The van der Waals surface area contributed by atoms with E-state index in [1.54, 1.807) is 12.1 Å². The van der Waals surface area contributed by atoms with Gasteiger partial charge in [-0.25, -0.2) is 13.2 Å². The van der Waals surface area contributed by atoms with Crippen molar-refractivity contribution in [1.82, 2.24) is 5.32 Å². The summed E-state index contributed by atoms with van der Waals surface area (Å²) in [5.74, 6) is -2.49. The SMILES string of the molecule is COCCC(NC(=O)CS(=O)(=O)Nc1ccc(OC(C)C)cc1)C(=O)O. The molecule has 146 valence electrons. The largest absolute Gasteiger partial charge is 0.491 e. The van der Waals surface area contributed by atoms with Gasteiger partial charge in [-0.15, -0.1) is 0 Å². The standard InChI is InChI=1S/C16H24N2O7S/c1-11(2)25-13-6-4-12(5-7-13)18-26(22,23)10-15(19)17-14(16(20)21)8-9-24-3/h4-7,11,14,18H,8-10H2,1-3H3,(H,17,19)(H,20,21). The van der Waals surface area contributed by atoms with E-state index in [0.29, 0.717) is 5.75 Å². The van der Waals surface area contributed by atoms with E-state index in [1.807, 2.05) is 13.8 Å². The lowest BCUT2D eigenvalue weighted by Gasteiger charge is -2.15. The molecule has 9 nitrogen and oxygen atoms in total. The molecule has 1 amide bonds. The fourth-order valence-corrected chi connectivity index (χ4v) is 2.99. The van der Waals surface area contributed by atoms with Crippen molar-refractivity contribution in [3.05, 3.63) is 24.3 Å². The summed E-state index contributed by atoms with van der Waals surface area (Å²) in [6.07, 6.45) is 0.0176. The van der Waals surface area contributed by atoms with Gasteiger partial charge in [-0.2, -0.15) is 0 Å². The zero-order chi connectivity index (χ0) is 19.7. The van der Waals surface area contributed by atoms with Crippen LogP contribution in [0.4, 0.5) is 5.69 Å². The molecule has 0 saturated heterocycles. The number of amides is 1. The maximum Gasteiger partial charge on any atom is 0.326 e. The minimum atomic E-state index is -3.99. The number of anilines is 1. The smallest absolute Gasteiger partial charge is 0.326 e. The lowest BCUT2D eigenvalue weighted by Crippen LogP contribution is -2.44. The molecule has 0 bridgehead atoms. The van der Waals surface area contributed by atoms with Gasteiger partial charge in [0, 0.05) is 25.8 Å². The van der Waals surface area contributed by atoms with Crippen LogP contribution in [-0.2, 0) is 24.3 Å². The van der Waals surface area contributed by atoms with Crippen molar-refractivity contribution in [2.24, 2.45) is 0 Å². The maximum absolute atomic E-state index is 12.1. The van der Waals surface area contributed by atoms with E-state index in [2.05, 4.69) is 10.0 Å². The molecule has 1 unspecified atom stereocenters. The minimum absolute atomic E-state index is 0.0125. The Morgan fingerprint density at radius 2 is 1.81 bits per heavy atom. The molecule has 10 heteroatoms. The van der Waals surface area contributed by atoms with Crippen LogP contribution in [0, 0.1) is 0 Å². The molecule has 0 aromatic heterocycles. The molecule has 0 radical (unpaired) electrons. The van der Waals surface area contributed by atoms with Crippen LogP contribution in [0.5, 0.6) is 5.75 Å². The summed E-state index contributed by atoms with van der Waals surface area (Å²) in [5, 5.41) is 11.2. The van der Waals surface area contributed by atoms with E-state index < -0.39 is 33.7 Å². The summed E-state index contributed by atoms with van der Waals surface area (Å²) in [5.41, 5.74) is 0.267. The van der Waals surface area contributed by atoms with Crippen LogP contribution in [0.2, 0.25) is 0 Å². The van der Waals surface area contributed by atoms with E-state index >= 15 is 0 Å². The van der Waals surface area contributed by atoms with Gasteiger partial charge in [-0.05, 0) is 38.1 Å². The number of methoxy groups -OCH3 is 1. The third kappa shape index (κ3) is 8.17. The third-order valence-electron chi connectivity index (χ3n) is 3.06. The van der Waals surface area contributed by atoms with Gasteiger partial charge in [-0.1, -0.05) is 0 Å². The van der Waals surface area contributed by atoms with E-state index in [1.165, 1.54) is 19.2 Å². The van der Waals surface area contributed by atoms with Gasteiger partial charge in [0.05, 0.1) is 6.10 Å². The summed E-state index contributed by atoms with van der Waals surface area (Å²) < 4.78 is 36.6. The Morgan fingerprint density at radius 3 is 2.31 bits per heavy atom. The summed E-state index contributed by atoms with van der Waals surface area (Å²) in [4.78, 5) is 22.9. The van der Waals surface area contributed by atoms with Crippen molar-refractivity contribution < 1.29 is 32.6 Å². The first-order valence-electron chi connectivity index (χ1n) is 7.91. The lowest BCUT2D eigenvalue weighted by molar-refractivity contribution is -0.142. The average molecular weight is 388 g/mol. The van der Waals surface area contributed by atoms with Crippen LogP contribution in [0.3, 0.4) is 0 Å². The van der Waals surface area contributed by atoms with Gasteiger partial charge in [0.25, 0.3) is 0 Å². The number of sulfonamides is 1. The highest BCUT2D eigenvalue weighted by molar-refractivity contribution is 7.93. The van der Waals surface area contributed by atoms with Crippen LogP contribution in [0.1, 0.15) is 20.3 Å². The minimum Gasteiger partial charge on any atom is -0.491 e. The zero-order valence-electron chi connectivity index (χ0n) is 14.9. The first kappa shape index (κ1) is 21.7. The fourth-order valence-electron chi connectivity index (χ4n) is 1.99. The molecular formula is C16H24N2O7S. The molecule has 0 saturated carbocycles. The molecule has 0 aliphatic heterocycles. The second-order valence-electron chi connectivity index (χ2n) is 5.79. The molecule has 1 atom stereocenters. The molecule has 0 aliphatic carbocycles. The zero-order valence-corrected chi connectivity index (χ0v) is 15.7. The van der Waals surface area contributed by atoms with Crippen molar-refractivity contribution >= 4 is 27.6 Å². The van der Waals surface area contributed by atoms with Crippen LogP contribution < -0.4 is 14.8 Å². The Labute approximate surface area is 152 Å². The van der Waals surface area contributed by atoms with Crippen LogP contribution >= 0.6 is 0 Å². The summed E-state index contributed by atoms with van der Waals surface area (Å²) in [6, 6.07) is 4.99. The van der Waals surface area contributed by atoms with Crippen molar-refractivity contribution in [3.8, 4) is 5.75 Å². The Morgan fingerprint density at radius 1 is 1.19 bits per heavy atom. The van der Waals surface area contributed by atoms with Gasteiger partial charge in [0.1, 0.15) is 17.5 Å². The van der Waals surface area contributed by atoms with Gasteiger partial charge < -0.3 is 19.9 Å². The Bertz CT molecular complexity index is 702.